The quantitative estimate of drug-likeness (QED) is 0.674. The van der Waals surface area contributed by atoms with E-state index in [1.165, 1.54) is 5.56 Å². The molecule has 0 radical (unpaired) electrons. The molecule has 0 aliphatic heterocycles. The van der Waals surface area contributed by atoms with Crippen molar-refractivity contribution >= 4 is 5.91 Å². The Hall–Kier alpha value is -2.59. The van der Waals surface area contributed by atoms with Crippen LogP contribution >= 0.6 is 0 Å². The molecule has 30 heavy (non-hydrogen) atoms. The van der Waals surface area contributed by atoms with Crippen molar-refractivity contribution in [2.45, 2.75) is 46.3 Å². The van der Waals surface area contributed by atoms with Gasteiger partial charge in [-0.15, -0.1) is 0 Å². The van der Waals surface area contributed by atoms with Gasteiger partial charge in [0.1, 0.15) is 12.4 Å². The second-order valence-corrected chi connectivity index (χ2v) is 8.42. The fraction of sp³-hybridized carbons (Fsp3) is 0.423. The van der Waals surface area contributed by atoms with Gasteiger partial charge in [-0.25, -0.2) is 0 Å². The molecule has 0 heterocycles. The molecule has 0 unspecified atom stereocenters. The molecule has 1 aliphatic carbocycles. The molecule has 1 aliphatic rings. The number of aryl methyl sites for hydroxylation is 1. The molecule has 2 aromatic rings. The van der Waals surface area contributed by atoms with Gasteiger partial charge in [-0.1, -0.05) is 49.9 Å². The lowest BCUT2D eigenvalue weighted by Crippen LogP contribution is -2.38. The highest BCUT2D eigenvalue weighted by molar-refractivity contribution is 5.78. The predicted molar refractivity (Wildman–Crippen MR) is 120 cm³/mol. The van der Waals surface area contributed by atoms with E-state index in [4.69, 9.17) is 4.74 Å². The van der Waals surface area contributed by atoms with Crippen LogP contribution in [0, 0.1) is 25.7 Å². The van der Waals surface area contributed by atoms with Crippen LogP contribution in [0.1, 0.15) is 47.3 Å². The molecule has 0 fully saturated rings. The van der Waals surface area contributed by atoms with Gasteiger partial charge in [-0.3, -0.25) is 4.79 Å². The summed E-state index contributed by atoms with van der Waals surface area (Å²) in [7, 11) is 1.84. The van der Waals surface area contributed by atoms with E-state index < -0.39 is 6.10 Å². The number of rotatable bonds is 7. The van der Waals surface area contributed by atoms with Crippen LogP contribution in [0.25, 0.3) is 0 Å². The van der Waals surface area contributed by atoms with Crippen molar-refractivity contribution in [2.75, 3.05) is 13.7 Å². The highest BCUT2D eigenvalue weighted by Gasteiger charge is 2.38. The summed E-state index contributed by atoms with van der Waals surface area (Å²) in [6, 6.07) is 12.0. The third-order valence-electron chi connectivity index (χ3n) is 6.38. The third-order valence-corrected chi connectivity index (χ3v) is 6.38. The summed E-state index contributed by atoms with van der Waals surface area (Å²) in [5.74, 6) is 0.473. The lowest BCUT2D eigenvalue weighted by molar-refractivity contribution is -0.138. The maximum Gasteiger partial charge on any atom is 0.225 e. The number of aliphatic hydroxyl groups excluding tert-OH is 1. The van der Waals surface area contributed by atoms with Crippen molar-refractivity contribution in [2.24, 2.45) is 11.8 Å². The molecule has 1 amide bonds. The van der Waals surface area contributed by atoms with E-state index in [1.807, 2.05) is 57.3 Å². The zero-order valence-corrected chi connectivity index (χ0v) is 18.5. The summed E-state index contributed by atoms with van der Waals surface area (Å²) >= 11 is 0. The second-order valence-electron chi connectivity index (χ2n) is 8.42. The average molecular weight is 408 g/mol. The molecule has 4 nitrogen and oxygen atoms in total. The van der Waals surface area contributed by atoms with Crippen LogP contribution in [0.15, 0.2) is 49.1 Å². The van der Waals surface area contributed by atoms with Crippen molar-refractivity contribution in [3.63, 3.8) is 0 Å². The maximum absolute atomic E-state index is 13.1. The minimum Gasteiger partial charge on any atom is -0.489 e. The Morgan fingerprint density at radius 1 is 1.33 bits per heavy atom. The minimum absolute atomic E-state index is 0.0693. The first kappa shape index (κ1) is 22.1. The zero-order chi connectivity index (χ0) is 21.8. The van der Waals surface area contributed by atoms with Gasteiger partial charge in [0.05, 0.1) is 6.10 Å². The Balaban J connectivity index is 1.81. The molecule has 2 aromatic carbocycles. The Morgan fingerprint density at radius 2 is 2.03 bits per heavy atom. The summed E-state index contributed by atoms with van der Waals surface area (Å²) in [6.45, 7) is 10.7. The number of ether oxygens (including phenoxy) is 1. The fourth-order valence-electron chi connectivity index (χ4n) is 4.67. The summed E-state index contributed by atoms with van der Waals surface area (Å²) in [5, 5.41) is 11.3. The van der Waals surface area contributed by atoms with Crippen LogP contribution in [-0.2, 0) is 17.8 Å². The first-order valence-electron chi connectivity index (χ1n) is 10.7. The first-order chi connectivity index (χ1) is 14.3. The molecule has 0 saturated carbocycles. The van der Waals surface area contributed by atoms with Gasteiger partial charge in [-0.2, -0.15) is 0 Å². The van der Waals surface area contributed by atoms with E-state index in [-0.39, 0.29) is 17.7 Å². The SMILES string of the molecule is C=CCOc1cc(C)c2c(c1C)[C@H](O)[C@H]([C@H](C)C(=O)N(C)Cc1ccccc1)CC2. The Kier molecular flexibility index (Phi) is 6.99. The monoisotopic (exact) mass is 407 g/mol. The topological polar surface area (TPSA) is 49.8 Å². The summed E-state index contributed by atoms with van der Waals surface area (Å²) in [6.07, 6.45) is 2.71. The van der Waals surface area contributed by atoms with E-state index in [0.29, 0.717) is 13.2 Å². The number of nitrogens with zero attached hydrogens (tertiary/aromatic N) is 1. The first-order valence-corrected chi connectivity index (χ1v) is 10.7. The van der Waals surface area contributed by atoms with Crippen molar-refractivity contribution in [3.05, 3.63) is 76.9 Å². The van der Waals surface area contributed by atoms with Gasteiger partial charge in [0, 0.05) is 25.4 Å². The van der Waals surface area contributed by atoms with E-state index in [0.717, 1.165) is 40.8 Å². The molecule has 0 saturated heterocycles. The molecular weight excluding hydrogens is 374 g/mol. The second kappa shape index (κ2) is 9.48. The predicted octanol–water partition coefficient (Wildman–Crippen LogP) is 4.76. The molecule has 1 N–H and O–H groups in total. The molecule has 3 atom stereocenters. The van der Waals surface area contributed by atoms with Gasteiger partial charge in [-0.05, 0) is 60.6 Å². The maximum atomic E-state index is 13.1. The standard InChI is InChI=1S/C26H33NO3/c1-6-14-30-23-15-17(2)21-12-13-22(25(28)24(21)19(23)4)18(3)26(29)27(5)16-20-10-8-7-9-11-20/h6-11,15,18,22,25,28H,1,12-14,16H2,2-5H3/t18-,22-,25+/m0/s1. The molecule has 0 aromatic heterocycles. The third kappa shape index (κ3) is 4.44. The van der Waals surface area contributed by atoms with Crippen LogP contribution in [0.2, 0.25) is 0 Å². The lowest BCUT2D eigenvalue weighted by Gasteiger charge is -2.37. The Bertz CT molecular complexity index is 906. The Morgan fingerprint density at radius 3 is 2.70 bits per heavy atom. The van der Waals surface area contributed by atoms with Gasteiger partial charge in [0.2, 0.25) is 5.91 Å². The van der Waals surface area contributed by atoms with Gasteiger partial charge < -0.3 is 14.7 Å². The number of fused-ring (bicyclic) bond motifs is 1. The summed E-state index contributed by atoms with van der Waals surface area (Å²) in [4.78, 5) is 14.9. The molecular formula is C26H33NO3. The molecule has 0 spiro atoms. The van der Waals surface area contributed by atoms with Crippen molar-refractivity contribution < 1.29 is 14.6 Å². The molecule has 4 heteroatoms. The summed E-state index contributed by atoms with van der Waals surface area (Å²) in [5.41, 5.74) is 5.33. The van der Waals surface area contributed by atoms with Crippen molar-refractivity contribution in [1.29, 1.82) is 0 Å². The van der Waals surface area contributed by atoms with Crippen LogP contribution in [0.3, 0.4) is 0 Å². The average Bonchev–Trinajstić information content (AvgIpc) is 2.74. The fourth-order valence-corrected chi connectivity index (χ4v) is 4.67. The van der Waals surface area contributed by atoms with E-state index in [2.05, 4.69) is 13.5 Å². The highest BCUT2D eigenvalue weighted by Crippen LogP contribution is 2.44. The number of benzene rings is 2. The van der Waals surface area contributed by atoms with E-state index in [9.17, 15) is 9.90 Å². The number of carbonyl (C=O) groups excluding carboxylic acids is 1. The van der Waals surface area contributed by atoms with Crippen molar-refractivity contribution in [3.8, 4) is 5.75 Å². The van der Waals surface area contributed by atoms with E-state index in [1.54, 1.807) is 11.0 Å². The zero-order valence-electron chi connectivity index (χ0n) is 18.5. The normalized spacial score (nSPS) is 19.0. The largest absolute Gasteiger partial charge is 0.489 e. The smallest absolute Gasteiger partial charge is 0.225 e. The van der Waals surface area contributed by atoms with Gasteiger partial charge in [0.25, 0.3) is 0 Å². The van der Waals surface area contributed by atoms with Gasteiger partial charge >= 0.3 is 0 Å². The minimum atomic E-state index is -0.677. The molecule has 0 bridgehead atoms. The van der Waals surface area contributed by atoms with Crippen molar-refractivity contribution in [1.82, 2.24) is 4.90 Å². The number of hydrogen-bond donors (Lipinski definition) is 1. The van der Waals surface area contributed by atoms with E-state index >= 15 is 0 Å². The highest BCUT2D eigenvalue weighted by atomic mass is 16.5. The van der Waals surface area contributed by atoms with Crippen LogP contribution in [-0.4, -0.2) is 29.6 Å². The number of aliphatic hydroxyl groups is 1. The molecule has 160 valence electrons. The Labute approximate surface area is 180 Å². The molecule has 3 rings (SSSR count). The number of carbonyl (C=O) groups is 1. The van der Waals surface area contributed by atoms with Crippen LogP contribution in [0.5, 0.6) is 5.75 Å². The summed E-state index contributed by atoms with van der Waals surface area (Å²) < 4.78 is 5.82. The number of amides is 1. The number of hydrogen-bond acceptors (Lipinski definition) is 3. The van der Waals surface area contributed by atoms with Gasteiger partial charge in [0.15, 0.2) is 0 Å². The van der Waals surface area contributed by atoms with Crippen LogP contribution < -0.4 is 4.74 Å². The van der Waals surface area contributed by atoms with Crippen LogP contribution in [0.4, 0.5) is 0 Å². The lowest BCUT2D eigenvalue weighted by atomic mass is 9.72.